The van der Waals surface area contributed by atoms with Crippen molar-refractivity contribution in [2.75, 3.05) is 0 Å². The molecular weight excluding hydrogens is 163 g/mol. The van der Waals surface area contributed by atoms with Crippen molar-refractivity contribution >= 4 is 6.16 Å². The Labute approximate surface area is 70.8 Å². The van der Waals surface area contributed by atoms with Gasteiger partial charge < -0.3 is 9.47 Å². The SMILES string of the molecule is CCC1(CC)OC(=O)OC1(C)F. The molecule has 0 bridgehead atoms. The molecule has 70 valence electrons. The van der Waals surface area contributed by atoms with Gasteiger partial charge in [-0.15, -0.1) is 0 Å². The summed E-state index contributed by atoms with van der Waals surface area (Å²) in [5.41, 5.74) is -1.09. The van der Waals surface area contributed by atoms with Crippen molar-refractivity contribution in [1.29, 1.82) is 0 Å². The fourth-order valence-corrected chi connectivity index (χ4v) is 1.55. The first-order valence-corrected chi connectivity index (χ1v) is 4.08. The van der Waals surface area contributed by atoms with E-state index in [0.29, 0.717) is 12.8 Å². The van der Waals surface area contributed by atoms with Gasteiger partial charge in [0.15, 0.2) is 5.60 Å². The lowest BCUT2D eigenvalue weighted by Crippen LogP contribution is -2.45. The smallest absolute Gasteiger partial charge is 0.420 e. The van der Waals surface area contributed by atoms with Crippen molar-refractivity contribution < 1.29 is 18.7 Å². The molecule has 0 N–H and O–H groups in total. The van der Waals surface area contributed by atoms with Crippen LogP contribution in [0, 0.1) is 0 Å². The van der Waals surface area contributed by atoms with Crippen molar-refractivity contribution in [1.82, 2.24) is 0 Å². The third kappa shape index (κ3) is 1.06. The second-order valence-electron chi connectivity index (χ2n) is 3.07. The van der Waals surface area contributed by atoms with Gasteiger partial charge in [-0.3, -0.25) is 0 Å². The van der Waals surface area contributed by atoms with Gasteiger partial charge in [-0.05, 0) is 12.8 Å². The van der Waals surface area contributed by atoms with Gasteiger partial charge in [0.05, 0.1) is 0 Å². The molecule has 0 aromatic rings. The summed E-state index contributed by atoms with van der Waals surface area (Å²) in [5, 5.41) is 0. The van der Waals surface area contributed by atoms with E-state index in [0.717, 1.165) is 0 Å². The molecule has 3 nitrogen and oxygen atoms in total. The molecule has 0 aromatic heterocycles. The molecule has 0 aliphatic carbocycles. The van der Waals surface area contributed by atoms with Crippen LogP contribution >= 0.6 is 0 Å². The monoisotopic (exact) mass is 176 g/mol. The largest absolute Gasteiger partial charge is 0.511 e. The summed E-state index contributed by atoms with van der Waals surface area (Å²) in [4.78, 5) is 10.7. The molecule has 1 atom stereocenters. The second kappa shape index (κ2) is 2.61. The zero-order valence-electron chi connectivity index (χ0n) is 7.52. The predicted molar refractivity (Wildman–Crippen MR) is 40.4 cm³/mol. The van der Waals surface area contributed by atoms with E-state index in [2.05, 4.69) is 4.74 Å². The number of carbonyl (C=O) groups excluding carboxylic acids is 1. The van der Waals surface area contributed by atoms with E-state index in [-0.39, 0.29) is 0 Å². The summed E-state index contributed by atoms with van der Waals surface area (Å²) in [6, 6.07) is 0. The standard InChI is InChI=1S/C8H13FO3/c1-4-8(5-2)7(3,9)11-6(10)12-8/h4-5H2,1-3H3. The maximum atomic E-state index is 13.6. The Hall–Kier alpha value is -0.800. The molecule has 1 aliphatic heterocycles. The Morgan fingerprint density at radius 2 is 1.83 bits per heavy atom. The number of halogens is 1. The molecule has 4 heteroatoms. The third-order valence-electron chi connectivity index (χ3n) is 2.51. The molecule has 0 saturated carbocycles. The van der Waals surface area contributed by atoms with Gasteiger partial charge in [-0.25, -0.2) is 4.79 Å². The highest BCUT2D eigenvalue weighted by Gasteiger charge is 2.59. The van der Waals surface area contributed by atoms with Crippen molar-refractivity contribution in [3.8, 4) is 0 Å². The number of cyclic esters (lactones) is 2. The van der Waals surface area contributed by atoms with E-state index >= 15 is 0 Å². The minimum Gasteiger partial charge on any atom is -0.420 e. The number of carbonyl (C=O) groups is 1. The van der Waals surface area contributed by atoms with Crippen LogP contribution in [0.4, 0.5) is 9.18 Å². The minimum atomic E-state index is -1.99. The molecular formula is C8H13FO3. The summed E-state index contributed by atoms with van der Waals surface area (Å²) in [5.74, 6) is -1.99. The Morgan fingerprint density at radius 3 is 2.00 bits per heavy atom. The van der Waals surface area contributed by atoms with E-state index < -0.39 is 17.6 Å². The van der Waals surface area contributed by atoms with Gasteiger partial charge in [0.25, 0.3) is 5.85 Å². The zero-order valence-corrected chi connectivity index (χ0v) is 7.52. The van der Waals surface area contributed by atoms with E-state index in [1.54, 1.807) is 13.8 Å². The van der Waals surface area contributed by atoms with Crippen LogP contribution in [0.2, 0.25) is 0 Å². The fraction of sp³-hybridized carbons (Fsp3) is 0.875. The van der Waals surface area contributed by atoms with Crippen molar-refractivity contribution in [2.45, 2.75) is 45.1 Å². The van der Waals surface area contributed by atoms with Gasteiger partial charge in [-0.2, -0.15) is 4.39 Å². The Morgan fingerprint density at radius 1 is 1.33 bits per heavy atom. The quantitative estimate of drug-likeness (QED) is 0.606. The average Bonchev–Trinajstić information content (AvgIpc) is 2.20. The molecule has 1 unspecified atom stereocenters. The number of ether oxygens (including phenoxy) is 2. The van der Waals surface area contributed by atoms with Crippen LogP contribution in [0.15, 0.2) is 0 Å². The first-order valence-electron chi connectivity index (χ1n) is 4.08. The number of hydrogen-bond acceptors (Lipinski definition) is 3. The summed E-state index contributed by atoms with van der Waals surface area (Å²) in [6.45, 7) is 4.76. The van der Waals surface area contributed by atoms with Gasteiger partial charge in [0.2, 0.25) is 0 Å². The van der Waals surface area contributed by atoms with Crippen LogP contribution in [-0.2, 0) is 9.47 Å². The van der Waals surface area contributed by atoms with Crippen LogP contribution in [0.3, 0.4) is 0 Å². The van der Waals surface area contributed by atoms with Crippen molar-refractivity contribution in [3.63, 3.8) is 0 Å². The molecule has 1 rings (SSSR count). The van der Waals surface area contributed by atoms with Crippen LogP contribution in [-0.4, -0.2) is 17.6 Å². The van der Waals surface area contributed by atoms with E-state index in [1.807, 2.05) is 0 Å². The molecule has 0 aromatic carbocycles. The molecule has 1 aliphatic rings. The van der Waals surface area contributed by atoms with Crippen LogP contribution in [0.5, 0.6) is 0 Å². The molecule has 0 amide bonds. The predicted octanol–water partition coefficient (Wildman–Crippen LogP) is 2.40. The average molecular weight is 176 g/mol. The summed E-state index contributed by atoms with van der Waals surface area (Å²) >= 11 is 0. The maximum Gasteiger partial charge on any atom is 0.511 e. The molecule has 1 saturated heterocycles. The summed E-state index contributed by atoms with van der Waals surface area (Å²) in [7, 11) is 0. The van der Waals surface area contributed by atoms with Crippen LogP contribution in [0.1, 0.15) is 33.6 Å². The number of hydrogen-bond donors (Lipinski definition) is 0. The van der Waals surface area contributed by atoms with Crippen molar-refractivity contribution in [2.24, 2.45) is 0 Å². The lowest BCUT2D eigenvalue weighted by Gasteiger charge is -2.30. The fourth-order valence-electron chi connectivity index (χ4n) is 1.55. The van der Waals surface area contributed by atoms with Crippen molar-refractivity contribution in [3.05, 3.63) is 0 Å². The topological polar surface area (TPSA) is 35.5 Å². The van der Waals surface area contributed by atoms with Gasteiger partial charge >= 0.3 is 6.16 Å². The Kier molecular flexibility index (Phi) is 2.02. The van der Waals surface area contributed by atoms with E-state index in [1.165, 1.54) is 6.92 Å². The highest BCUT2D eigenvalue weighted by Crippen LogP contribution is 2.42. The second-order valence-corrected chi connectivity index (χ2v) is 3.07. The third-order valence-corrected chi connectivity index (χ3v) is 2.51. The van der Waals surface area contributed by atoms with Crippen LogP contribution < -0.4 is 0 Å². The summed E-state index contributed by atoms with van der Waals surface area (Å²) < 4.78 is 22.9. The molecule has 1 fully saturated rings. The number of rotatable bonds is 2. The molecule has 12 heavy (non-hydrogen) atoms. The van der Waals surface area contributed by atoms with E-state index in [4.69, 9.17) is 4.74 Å². The summed E-state index contributed by atoms with van der Waals surface area (Å²) in [6.07, 6.45) is -0.0755. The Balaban J connectivity index is 2.94. The maximum absolute atomic E-state index is 13.6. The normalized spacial score (nSPS) is 32.8. The Bertz CT molecular complexity index is 196. The highest BCUT2D eigenvalue weighted by molar-refractivity contribution is 5.64. The molecule has 0 radical (unpaired) electrons. The first kappa shape index (κ1) is 9.29. The number of alkyl halides is 1. The lowest BCUT2D eigenvalue weighted by atomic mass is 9.90. The van der Waals surface area contributed by atoms with E-state index in [9.17, 15) is 9.18 Å². The van der Waals surface area contributed by atoms with Crippen LogP contribution in [0.25, 0.3) is 0 Å². The zero-order chi connectivity index (χ0) is 9.41. The molecule has 1 heterocycles. The van der Waals surface area contributed by atoms with Gasteiger partial charge in [-0.1, -0.05) is 13.8 Å². The van der Waals surface area contributed by atoms with Gasteiger partial charge in [0, 0.05) is 6.92 Å². The molecule has 0 spiro atoms. The highest BCUT2D eigenvalue weighted by atomic mass is 19.2. The first-order chi connectivity index (χ1) is 5.47. The minimum absolute atomic E-state index is 0.419. The lowest BCUT2D eigenvalue weighted by molar-refractivity contribution is -0.135. The van der Waals surface area contributed by atoms with Gasteiger partial charge in [0.1, 0.15) is 0 Å².